The lowest BCUT2D eigenvalue weighted by Gasteiger charge is -2.22. The predicted octanol–water partition coefficient (Wildman–Crippen LogP) is 6.28. The normalized spacial score (nSPS) is 15.1. The van der Waals surface area contributed by atoms with Crippen molar-refractivity contribution in [1.29, 1.82) is 0 Å². The van der Waals surface area contributed by atoms with Crippen molar-refractivity contribution in [2.75, 3.05) is 11.5 Å². The van der Waals surface area contributed by atoms with E-state index >= 15 is 0 Å². The smallest absolute Gasteiger partial charge is 0.297 e. The summed E-state index contributed by atoms with van der Waals surface area (Å²) in [5.74, 6) is 0.430. The number of unbranched alkanes of at least 4 members (excludes halogenated alkanes) is 3. The minimum atomic E-state index is -0.666. The first-order valence-electron chi connectivity index (χ1n) is 12.3. The van der Waals surface area contributed by atoms with Crippen molar-refractivity contribution in [2.45, 2.75) is 59.4 Å². The van der Waals surface area contributed by atoms with Gasteiger partial charge in [-0.25, -0.2) is 0 Å². The maximum Gasteiger partial charge on any atom is 0.297 e. The molecule has 1 atom stereocenters. The number of aromatic nitrogens is 2. The molecular formula is C28H29N3O4S. The summed E-state index contributed by atoms with van der Waals surface area (Å²) >= 11 is 1.31. The van der Waals surface area contributed by atoms with Crippen LogP contribution in [0.15, 0.2) is 45.6 Å². The van der Waals surface area contributed by atoms with Gasteiger partial charge < -0.3 is 9.15 Å². The second-order valence-corrected chi connectivity index (χ2v) is 10.4. The number of benzene rings is 2. The first-order chi connectivity index (χ1) is 17.4. The fourth-order valence-electron chi connectivity index (χ4n) is 4.59. The highest BCUT2D eigenvalue weighted by Gasteiger charge is 2.45. The van der Waals surface area contributed by atoms with Crippen molar-refractivity contribution in [3.8, 4) is 5.75 Å². The minimum Gasteiger partial charge on any atom is -0.494 e. The van der Waals surface area contributed by atoms with Crippen LogP contribution in [-0.4, -0.2) is 22.7 Å². The lowest BCUT2D eigenvalue weighted by molar-refractivity contribution is 0.0970. The van der Waals surface area contributed by atoms with Crippen LogP contribution in [0.5, 0.6) is 5.75 Å². The Bertz CT molecular complexity index is 1490. The Kier molecular flexibility index (Phi) is 6.62. The van der Waals surface area contributed by atoms with Gasteiger partial charge in [-0.05, 0) is 68.1 Å². The molecule has 4 aromatic rings. The number of amides is 1. The van der Waals surface area contributed by atoms with Gasteiger partial charge in [0.25, 0.3) is 5.91 Å². The van der Waals surface area contributed by atoms with Crippen LogP contribution in [0.4, 0.5) is 5.13 Å². The molecule has 0 spiro atoms. The second kappa shape index (κ2) is 9.85. The molecular weight excluding hydrogens is 474 g/mol. The monoisotopic (exact) mass is 503 g/mol. The fourth-order valence-corrected chi connectivity index (χ4v) is 5.30. The maximum absolute atomic E-state index is 13.8. The number of anilines is 1. The van der Waals surface area contributed by atoms with Gasteiger partial charge in [0, 0.05) is 0 Å². The molecule has 0 N–H and O–H groups in total. The molecule has 5 rings (SSSR count). The average Bonchev–Trinajstić information content (AvgIpc) is 3.41. The summed E-state index contributed by atoms with van der Waals surface area (Å²) in [6, 6.07) is 10.6. The van der Waals surface area contributed by atoms with Crippen LogP contribution in [0.1, 0.15) is 76.5 Å². The van der Waals surface area contributed by atoms with Crippen molar-refractivity contribution >= 4 is 33.3 Å². The summed E-state index contributed by atoms with van der Waals surface area (Å²) in [6.45, 7) is 8.59. The van der Waals surface area contributed by atoms with Gasteiger partial charge in [0.2, 0.25) is 10.9 Å². The number of aryl methyl sites for hydroxylation is 3. The Balaban J connectivity index is 1.58. The van der Waals surface area contributed by atoms with Crippen LogP contribution in [0.2, 0.25) is 0 Å². The van der Waals surface area contributed by atoms with Crippen molar-refractivity contribution in [2.24, 2.45) is 0 Å². The van der Waals surface area contributed by atoms with E-state index in [2.05, 4.69) is 17.1 Å². The van der Waals surface area contributed by atoms with E-state index in [0.717, 1.165) is 40.3 Å². The number of rotatable bonds is 8. The lowest BCUT2D eigenvalue weighted by Crippen LogP contribution is -2.29. The Morgan fingerprint density at radius 3 is 2.44 bits per heavy atom. The van der Waals surface area contributed by atoms with Crippen molar-refractivity contribution in [1.82, 2.24) is 10.2 Å². The molecule has 3 heterocycles. The van der Waals surface area contributed by atoms with Crippen LogP contribution >= 0.6 is 11.3 Å². The van der Waals surface area contributed by atoms with Gasteiger partial charge in [-0.1, -0.05) is 49.7 Å². The standard InChI is InChI=1S/C28H29N3O4S/c1-5-6-7-8-13-34-20-11-9-19(10-12-20)24-23-25(32)21-14-16(2)17(3)15-22(21)35-26(23)27(33)31(24)28-30-29-18(4)36-28/h9-12,14-15,24H,5-8,13H2,1-4H3. The second-order valence-electron chi connectivity index (χ2n) is 9.27. The number of hydrogen-bond donors (Lipinski definition) is 0. The third-order valence-electron chi connectivity index (χ3n) is 6.67. The zero-order chi connectivity index (χ0) is 25.4. The molecule has 0 aliphatic carbocycles. The summed E-state index contributed by atoms with van der Waals surface area (Å²) in [5, 5.41) is 9.96. The molecule has 0 saturated heterocycles. The van der Waals surface area contributed by atoms with Crippen LogP contribution in [0, 0.1) is 20.8 Å². The molecule has 36 heavy (non-hydrogen) atoms. The van der Waals surface area contributed by atoms with Gasteiger partial charge >= 0.3 is 0 Å². The van der Waals surface area contributed by atoms with E-state index in [9.17, 15) is 9.59 Å². The van der Waals surface area contributed by atoms with E-state index < -0.39 is 6.04 Å². The van der Waals surface area contributed by atoms with Crippen molar-refractivity contribution < 1.29 is 13.9 Å². The Labute approximate surface area is 213 Å². The third-order valence-corrected chi connectivity index (χ3v) is 7.51. The zero-order valence-corrected chi connectivity index (χ0v) is 21.8. The molecule has 8 heteroatoms. The molecule has 1 amide bonds. The maximum atomic E-state index is 13.8. The number of carbonyl (C=O) groups is 1. The first kappa shape index (κ1) is 24.2. The zero-order valence-electron chi connectivity index (χ0n) is 21.0. The molecule has 1 aliphatic heterocycles. The highest BCUT2D eigenvalue weighted by Crippen LogP contribution is 2.42. The number of nitrogens with zero attached hydrogens (tertiary/aromatic N) is 3. The average molecular weight is 504 g/mol. The lowest BCUT2D eigenvalue weighted by atomic mass is 9.97. The summed E-state index contributed by atoms with van der Waals surface area (Å²) in [4.78, 5) is 29.0. The van der Waals surface area contributed by atoms with E-state index in [0.29, 0.717) is 28.3 Å². The van der Waals surface area contributed by atoms with Gasteiger partial charge in [-0.2, -0.15) is 0 Å². The van der Waals surface area contributed by atoms with Gasteiger partial charge in [-0.3, -0.25) is 14.5 Å². The molecule has 0 radical (unpaired) electrons. The van der Waals surface area contributed by atoms with E-state index in [1.807, 2.05) is 57.2 Å². The summed E-state index contributed by atoms with van der Waals surface area (Å²) in [7, 11) is 0. The number of carbonyl (C=O) groups excluding carboxylic acids is 1. The summed E-state index contributed by atoms with van der Waals surface area (Å²) in [5.41, 5.74) is 3.31. The fraction of sp³-hybridized carbons (Fsp3) is 0.357. The Hall–Kier alpha value is -3.52. The van der Waals surface area contributed by atoms with Gasteiger partial charge in [0.15, 0.2) is 5.43 Å². The SMILES string of the molecule is CCCCCCOc1ccc(C2c3c(oc4cc(C)c(C)cc4c3=O)C(=O)N2c2nnc(C)s2)cc1. The van der Waals surface area contributed by atoms with E-state index in [1.54, 1.807) is 0 Å². The van der Waals surface area contributed by atoms with Crippen LogP contribution in [0.25, 0.3) is 11.0 Å². The molecule has 186 valence electrons. The van der Waals surface area contributed by atoms with Crippen LogP contribution in [0.3, 0.4) is 0 Å². The number of hydrogen-bond acceptors (Lipinski definition) is 7. The van der Waals surface area contributed by atoms with Crippen LogP contribution in [-0.2, 0) is 0 Å². The summed E-state index contributed by atoms with van der Waals surface area (Å²) < 4.78 is 12.0. The summed E-state index contributed by atoms with van der Waals surface area (Å²) in [6.07, 6.45) is 4.55. The van der Waals surface area contributed by atoms with E-state index in [1.165, 1.54) is 29.1 Å². The van der Waals surface area contributed by atoms with Crippen molar-refractivity contribution in [3.63, 3.8) is 0 Å². The van der Waals surface area contributed by atoms with Gasteiger partial charge in [0.1, 0.15) is 16.3 Å². The largest absolute Gasteiger partial charge is 0.494 e. The predicted molar refractivity (Wildman–Crippen MR) is 141 cm³/mol. The molecule has 0 saturated carbocycles. The van der Waals surface area contributed by atoms with E-state index in [-0.39, 0.29) is 17.1 Å². The minimum absolute atomic E-state index is 0.0601. The topological polar surface area (TPSA) is 85.5 Å². The number of fused-ring (bicyclic) bond motifs is 2. The molecule has 2 aromatic carbocycles. The third kappa shape index (κ3) is 4.30. The molecule has 1 unspecified atom stereocenters. The quantitative estimate of drug-likeness (QED) is 0.263. The molecule has 1 aliphatic rings. The van der Waals surface area contributed by atoms with E-state index in [4.69, 9.17) is 9.15 Å². The van der Waals surface area contributed by atoms with Crippen LogP contribution < -0.4 is 15.1 Å². The molecule has 2 aromatic heterocycles. The van der Waals surface area contributed by atoms with Crippen molar-refractivity contribution in [3.05, 3.63) is 79.6 Å². The first-order valence-corrected chi connectivity index (χ1v) is 13.1. The number of ether oxygens (including phenoxy) is 1. The van der Waals surface area contributed by atoms with Gasteiger partial charge in [0.05, 0.1) is 23.6 Å². The highest BCUT2D eigenvalue weighted by atomic mass is 32.1. The Morgan fingerprint density at radius 2 is 1.75 bits per heavy atom. The van der Waals surface area contributed by atoms with Gasteiger partial charge in [-0.15, -0.1) is 10.2 Å². The molecule has 7 nitrogen and oxygen atoms in total. The highest BCUT2D eigenvalue weighted by molar-refractivity contribution is 7.15. The molecule has 0 fully saturated rings. The molecule has 0 bridgehead atoms. The Morgan fingerprint density at radius 1 is 1.00 bits per heavy atom.